The van der Waals surface area contributed by atoms with Crippen LogP contribution in [0.2, 0.25) is 0 Å². The normalized spacial score (nSPS) is 15.2. The molecule has 0 spiro atoms. The zero-order valence-electron chi connectivity index (χ0n) is 25.6. The van der Waals surface area contributed by atoms with Crippen molar-refractivity contribution in [2.45, 2.75) is 106 Å². The SMILES string of the molecule is C=C(C[C@H](NC(=O)CCC(C)(C)C)C(=O)NCc1ncc(-c2ccc(F)cc2F)[nH]1)N1CCC[C@@H]1C.CC.CC.[HH].[HH]. The fourth-order valence-electron chi connectivity index (χ4n) is 4.31. The molecule has 1 aliphatic rings. The first kappa shape index (κ1) is 34.8. The average molecular weight is 566 g/mol. The van der Waals surface area contributed by atoms with Crippen molar-refractivity contribution >= 4 is 11.8 Å². The molecule has 0 aliphatic carbocycles. The molecule has 228 valence electrons. The Bertz CT molecular complexity index is 1110. The van der Waals surface area contributed by atoms with E-state index in [1.165, 1.54) is 18.3 Å². The maximum absolute atomic E-state index is 14.1. The molecule has 0 unspecified atom stereocenters. The second kappa shape index (κ2) is 16.8. The molecule has 3 N–H and O–H groups in total. The van der Waals surface area contributed by atoms with Crippen molar-refractivity contribution in [1.82, 2.24) is 25.5 Å². The standard InChI is InChI=1S/C27H37F2N5O2.2C2H6.2H2/c1-17-7-6-12-34(17)18(2)13-22(33-25(35)10-11-27(3,4)5)26(36)31-16-24-30-15-23(32-24)20-9-8-19(28)14-21(20)29;2*1-2;;/h8-9,14-15,17,22H,2,6-7,10-13,16H2,1,3-5H3,(H,30,32)(H,31,36)(H,33,35);2*1-2H3;2*1H/t17-,22-;;;;/m0..../s1. The number of likely N-dealkylation sites (tertiary alicyclic amines) is 1. The largest absolute Gasteiger partial charge is 0.373 e. The van der Waals surface area contributed by atoms with Gasteiger partial charge < -0.3 is 20.5 Å². The lowest BCUT2D eigenvalue weighted by atomic mass is 9.90. The topological polar surface area (TPSA) is 90.1 Å². The number of imidazole rings is 1. The van der Waals surface area contributed by atoms with E-state index in [4.69, 9.17) is 0 Å². The summed E-state index contributed by atoms with van der Waals surface area (Å²) >= 11 is 0. The number of rotatable bonds is 10. The van der Waals surface area contributed by atoms with E-state index in [0.717, 1.165) is 31.1 Å². The second-order valence-corrected chi connectivity index (χ2v) is 10.7. The summed E-state index contributed by atoms with van der Waals surface area (Å²) in [6.45, 7) is 21.5. The van der Waals surface area contributed by atoms with Crippen LogP contribution in [0.15, 0.2) is 36.7 Å². The monoisotopic (exact) mass is 565 g/mol. The van der Waals surface area contributed by atoms with Gasteiger partial charge in [0.15, 0.2) is 0 Å². The maximum Gasteiger partial charge on any atom is 0.243 e. The number of nitrogens with zero attached hydrogens (tertiary/aromatic N) is 2. The minimum absolute atomic E-state index is 0. The van der Waals surface area contributed by atoms with Crippen LogP contribution < -0.4 is 10.6 Å². The van der Waals surface area contributed by atoms with E-state index in [-0.39, 0.29) is 32.2 Å². The molecule has 1 saturated heterocycles. The van der Waals surface area contributed by atoms with Crippen LogP contribution in [0, 0.1) is 17.0 Å². The molecule has 0 bridgehead atoms. The summed E-state index contributed by atoms with van der Waals surface area (Å²) in [5.41, 5.74) is 1.38. The lowest BCUT2D eigenvalue weighted by Crippen LogP contribution is -2.48. The highest BCUT2D eigenvalue weighted by molar-refractivity contribution is 5.87. The summed E-state index contributed by atoms with van der Waals surface area (Å²) in [7, 11) is 0. The van der Waals surface area contributed by atoms with Gasteiger partial charge in [0.05, 0.1) is 18.4 Å². The van der Waals surface area contributed by atoms with Gasteiger partial charge in [0.25, 0.3) is 0 Å². The summed E-state index contributed by atoms with van der Waals surface area (Å²) in [5.74, 6) is -1.49. The Morgan fingerprint density at radius 2 is 1.90 bits per heavy atom. The van der Waals surface area contributed by atoms with Crippen LogP contribution in [-0.2, 0) is 16.1 Å². The Morgan fingerprint density at radius 3 is 2.48 bits per heavy atom. The Labute approximate surface area is 242 Å². The zero-order chi connectivity index (χ0) is 30.5. The first-order valence-electron chi connectivity index (χ1n) is 14.4. The predicted molar refractivity (Wildman–Crippen MR) is 162 cm³/mol. The van der Waals surface area contributed by atoms with Crippen molar-refractivity contribution in [2.24, 2.45) is 5.41 Å². The third-order valence-corrected chi connectivity index (χ3v) is 6.43. The van der Waals surface area contributed by atoms with Gasteiger partial charge >= 0.3 is 0 Å². The van der Waals surface area contributed by atoms with Crippen LogP contribution in [0.3, 0.4) is 0 Å². The minimum Gasteiger partial charge on any atom is -0.373 e. The number of carbonyl (C=O) groups is 2. The van der Waals surface area contributed by atoms with Crippen LogP contribution in [0.4, 0.5) is 8.78 Å². The van der Waals surface area contributed by atoms with Crippen molar-refractivity contribution in [3.63, 3.8) is 0 Å². The first-order valence-corrected chi connectivity index (χ1v) is 14.4. The molecule has 2 atom stereocenters. The van der Waals surface area contributed by atoms with Gasteiger partial charge in [0, 0.05) is 45.6 Å². The molecule has 1 aromatic carbocycles. The van der Waals surface area contributed by atoms with Gasteiger partial charge in [-0.15, -0.1) is 0 Å². The van der Waals surface area contributed by atoms with E-state index >= 15 is 0 Å². The van der Waals surface area contributed by atoms with E-state index in [0.29, 0.717) is 36.8 Å². The molecule has 3 rings (SSSR count). The van der Waals surface area contributed by atoms with Gasteiger partial charge in [0.2, 0.25) is 11.8 Å². The quantitative estimate of drug-likeness (QED) is 0.284. The average Bonchev–Trinajstić information content (AvgIpc) is 3.56. The van der Waals surface area contributed by atoms with Crippen molar-refractivity contribution in [3.05, 3.63) is 54.1 Å². The number of nitrogens with one attached hydrogen (secondary N) is 3. The van der Waals surface area contributed by atoms with Crippen LogP contribution in [0.5, 0.6) is 0 Å². The Hall–Kier alpha value is -3.23. The van der Waals surface area contributed by atoms with Crippen LogP contribution >= 0.6 is 0 Å². The van der Waals surface area contributed by atoms with E-state index in [2.05, 4.69) is 59.8 Å². The molecule has 2 amide bonds. The number of halogens is 2. The predicted octanol–water partition coefficient (Wildman–Crippen LogP) is 7.21. The summed E-state index contributed by atoms with van der Waals surface area (Å²) in [5, 5.41) is 5.70. The van der Waals surface area contributed by atoms with Gasteiger partial charge in [-0.1, -0.05) is 55.0 Å². The molecule has 7 nitrogen and oxygen atoms in total. The molecule has 0 saturated carbocycles. The lowest BCUT2D eigenvalue weighted by molar-refractivity contribution is -0.129. The molecule has 2 heterocycles. The van der Waals surface area contributed by atoms with E-state index in [1.54, 1.807) is 0 Å². The summed E-state index contributed by atoms with van der Waals surface area (Å²) < 4.78 is 27.3. The second-order valence-electron chi connectivity index (χ2n) is 10.7. The summed E-state index contributed by atoms with van der Waals surface area (Å²) in [6, 6.07) is 2.88. The highest BCUT2D eigenvalue weighted by Gasteiger charge is 2.27. The van der Waals surface area contributed by atoms with E-state index in [1.807, 2.05) is 27.7 Å². The van der Waals surface area contributed by atoms with Crippen molar-refractivity contribution in [1.29, 1.82) is 0 Å². The van der Waals surface area contributed by atoms with Gasteiger partial charge in [0.1, 0.15) is 23.5 Å². The van der Waals surface area contributed by atoms with Gasteiger partial charge in [-0.3, -0.25) is 9.59 Å². The number of H-pyrrole nitrogens is 1. The first-order chi connectivity index (χ1) is 18.9. The minimum atomic E-state index is -0.776. The Balaban J connectivity index is 0. The van der Waals surface area contributed by atoms with Gasteiger partial charge in [-0.2, -0.15) is 0 Å². The lowest BCUT2D eigenvalue weighted by Gasteiger charge is -2.29. The molecule has 1 fully saturated rings. The van der Waals surface area contributed by atoms with Crippen molar-refractivity contribution in [2.75, 3.05) is 6.54 Å². The fourth-order valence-corrected chi connectivity index (χ4v) is 4.31. The number of benzene rings is 1. The van der Waals surface area contributed by atoms with Crippen LogP contribution in [-0.4, -0.2) is 45.3 Å². The number of carbonyl (C=O) groups excluding carboxylic acids is 2. The highest BCUT2D eigenvalue weighted by Crippen LogP contribution is 2.25. The van der Waals surface area contributed by atoms with Gasteiger partial charge in [-0.25, -0.2) is 13.8 Å². The number of hydrogen-bond donors (Lipinski definition) is 3. The van der Waals surface area contributed by atoms with Gasteiger partial charge in [-0.05, 0) is 43.7 Å². The summed E-state index contributed by atoms with van der Waals surface area (Å²) in [4.78, 5) is 35.1. The van der Waals surface area contributed by atoms with Crippen molar-refractivity contribution in [3.8, 4) is 11.3 Å². The van der Waals surface area contributed by atoms with Crippen molar-refractivity contribution < 1.29 is 21.2 Å². The molecule has 9 heteroatoms. The third-order valence-electron chi connectivity index (χ3n) is 6.43. The van der Waals surface area contributed by atoms with Crippen LogP contribution in [0.25, 0.3) is 11.3 Å². The Morgan fingerprint density at radius 1 is 1.23 bits per heavy atom. The molecule has 2 aromatic rings. The number of aromatic nitrogens is 2. The molecule has 40 heavy (non-hydrogen) atoms. The van der Waals surface area contributed by atoms with E-state index in [9.17, 15) is 18.4 Å². The zero-order valence-corrected chi connectivity index (χ0v) is 25.6. The highest BCUT2D eigenvalue weighted by atomic mass is 19.1. The molecular formula is C31H53F2N5O2. The van der Waals surface area contributed by atoms with Crippen LogP contribution in [0.1, 0.15) is 96.2 Å². The number of amides is 2. The fraction of sp³-hybridized carbons (Fsp3) is 0.581. The number of hydrogen-bond acceptors (Lipinski definition) is 4. The smallest absolute Gasteiger partial charge is 0.243 e. The molecular weight excluding hydrogens is 512 g/mol. The molecule has 1 aliphatic heterocycles. The Kier molecular flexibility index (Phi) is 14.6. The van der Waals surface area contributed by atoms with E-state index < -0.39 is 17.7 Å². The maximum atomic E-state index is 14.1. The summed E-state index contributed by atoms with van der Waals surface area (Å²) in [6.07, 6.45) is 4.91. The number of aromatic amines is 1. The molecule has 1 aromatic heterocycles. The third kappa shape index (κ3) is 11.1. The molecule has 0 radical (unpaired) electrons.